The van der Waals surface area contributed by atoms with E-state index in [0.29, 0.717) is 13.2 Å². The van der Waals surface area contributed by atoms with Gasteiger partial charge in [-0.15, -0.1) is 0 Å². The van der Waals surface area contributed by atoms with Crippen LogP contribution < -0.4 is 0 Å². The molecule has 0 aliphatic heterocycles. The van der Waals surface area contributed by atoms with Crippen LogP contribution in [-0.2, 0) is 19.1 Å². The first-order chi connectivity index (χ1) is 12.6. The van der Waals surface area contributed by atoms with Crippen molar-refractivity contribution in [2.24, 2.45) is 0 Å². The lowest BCUT2D eigenvalue weighted by Gasteiger charge is -2.13. The van der Waals surface area contributed by atoms with Crippen molar-refractivity contribution in [3.05, 3.63) is 71.8 Å². The van der Waals surface area contributed by atoms with Crippen molar-refractivity contribution in [1.29, 1.82) is 0 Å². The maximum absolute atomic E-state index is 11.8. The molecule has 0 aliphatic rings. The predicted octanol–water partition coefficient (Wildman–Crippen LogP) is 4.46. The van der Waals surface area contributed by atoms with Gasteiger partial charge in [0.15, 0.2) is 0 Å². The van der Waals surface area contributed by atoms with Crippen molar-refractivity contribution < 1.29 is 19.1 Å². The van der Waals surface area contributed by atoms with Crippen LogP contribution in [0.15, 0.2) is 60.7 Å². The number of carbonyl (C=O) groups is 2. The number of ether oxygens (including phenoxy) is 2. The predicted molar refractivity (Wildman–Crippen MR) is 101 cm³/mol. The standard InChI is InChI=1S/C22H26O4/c1-17(19-9-5-3-6-10-19)15-25-21(23)13-14-22(24)26-16-18(2)20-11-7-4-8-12-20/h3-12,17-18H,13-16H2,1-2H3. The zero-order valence-electron chi connectivity index (χ0n) is 15.4. The SMILES string of the molecule is CC(COC(=O)CCC(=O)OCC(C)c1ccccc1)c1ccccc1. The molecule has 0 saturated carbocycles. The number of rotatable bonds is 9. The molecular weight excluding hydrogens is 328 g/mol. The van der Waals surface area contributed by atoms with Gasteiger partial charge >= 0.3 is 11.9 Å². The van der Waals surface area contributed by atoms with E-state index >= 15 is 0 Å². The lowest BCUT2D eigenvalue weighted by molar-refractivity contribution is -0.150. The molecule has 0 radical (unpaired) electrons. The van der Waals surface area contributed by atoms with Crippen LogP contribution in [0.3, 0.4) is 0 Å². The molecule has 2 atom stereocenters. The molecule has 2 aromatic carbocycles. The Kier molecular flexibility index (Phi) is 7.87. The third kappa shape index (κ3) is 6.71. The van der Waals surface area contributed by atoms with Gasteiger partial charge in [0.05, 0.1) is 26.1 Å². The second kappa shape index (κ2) is 10.4. The summed E-state index contributed by atoms with van der Waals surface area (Å²) in [5.74, 6) is -0.501. The number of benzene rings is 2. The number of hydrogen-bond acceptors (Lipinski definition) is 4. The minimum absolute atomic E-state index is 0.0417. The Morgan fingerprint density at radius 1 is 0.692 bits per heavy atom. The quantitative estimate of drug-likeness (QED) is 0.624. The van der Waals surface area contributed by atoms with E-state index in [0.717, 1.165) is 11.1 Å². The highest BCUT2D eigenvalue weighted by atomic mass is 16.5. The van der Waals surface area contributed by atoms with Gasteiger partial charge in [0, 0.05) is 11.8 Å². The molecule has 0 bridgehead atoms. The van der Waals surface area contributed by atoms with Crippen molar-refractivity contribution in [3.63, 3.8) is 0 Å². The van der Waals surface area contributed by atoms with Crippen molar-refractivity contribution in [2.45, 2.75) is 38.5 Å². The fraction of sp³-hybridized carbons (Fsp3) is 0.364. The average Bonchev–Trinajstić information content (AvgIpc) is 2.69. The molecule has 0 aliphatic carbocycles. The molecule has 0 N–H and O–H groups in total. The lowest BCUT2D eigenvalue weighted by atomic mass is 10.0. The molecule has 0 spiro atoms. The summed E-state index contributed by atoms with van der Waals surface area (Å²) < 4.78 is 10.5. The zero-order chi connectivity index (χ0) is 18.8. The molecule has 4 heteroatoms. The van der Waals surface area contributed by atoms with Crippen LogP contribution in [0.25, 0.3) is 0 Å². The van der Waals surface area contributed by atoms with Crippen LogP contribution in [0.5, 0.6) is 0 Å². The van der Waals surface area contributed by atoms with Gasteiger partial charge in [0.1, 0.15) is 0 Å². The van der Waals surface area contributed by atoms with Crippen LogP contribution in [0.1, 0.15) is 49.7 Å². The summed E-state index contributed by atoms with van der Waals surface area (Å²) in [4.78, 5) is 23.6. The molecule has 138 valence electrons. The Bertz CT molecular complexity index is 620. The van der Waals surface area contributed by atoms with E-state index in [1.54, 1.807) is 0 Å². The molecule has 0 amide bonds. The van der Waals surface area contributed by atoms with Crippen molar-refractivity contribution in [3.8, 4) is 0 Å². The summed E-state index contributed by atoms with van der Waals surface area (Å²) in [6, 6.07) is 19.8. The van der Waals surface area contributed by atoms with Gasteiger partial charge in [-0.05, 0) is 11.1 Å². The topological polar surface area (TPSA) is 52.6 Å². The number of carbonyl (C=O) groups excluding carboxylic acids is 2. The van der Waals surface area contributed by atoms with Crippen molar-refractivity contribution >= 4 is 11.9 Å². The highest BCUT2D eigenvalue weighted by Crippen LogP contribution is 2.16. The Hall–Kier alpha value is -2.62. The number of esters is 2. The number of hydrogen-bond donors (Lipinski definition) is 0. The summed E-state index contributed by atoms with van der Waals surface area (Å²) in [5.41, 5.74) is 2.24. The summed E-state index contributed by atoms with van der Waals surface area (Å²) in [7, 11) is 0. The highest BCUT2D eigenvalue weighted by molar-refractivity contribution is 5.77. The molecule has 26 heavy (non-hydrogen) atoms. The molecule has 0 saturated heterocycles. The summed E-state index contributed by atoms with van der Waals surface area (Å²) in [5, 5.41) is 0. The van der Waals surface area contributed by atoms with Crippen LogP contribution in [0.4, 0.5) is 0 Å². The van der Waals surface area contributed by atoms with Crippen LogP contribution in [0.2, 0.25) is 0 Å². The third-order valence-corrected chi connectivity index (χ3v) is 4.26. The van der Waals surface area contributed by atoms with Gasteiger partial charge in [-0.3, -0.25) is 9.59 Å². The lowest BCUT2D eigenvalue weighted by Crippen LogP contribution is -2.15. The van der Waals surface area contributed by atoms with E-state index in [-0.39, 0.29) is 36.6 Å². The molecular formula is C22H26O4. The second-order valence-electron chi connectivity index (χ2n) is 6.49. The Morgan fingerprint density at radius 3 is 1.38 bits per heavy atom. The fourth-order valence-electron chi connectivity index (χ4n) is 2.54. The van der Waals surface area contributed by atoms with Gasteiger partial charge in [-0.2, -0.15) is 0 Å². The molecule has 2 rings (SSSR count). The molecule has 4 nitrogen and oxygen atoms in total. The fourth-order valence-corrected chi connectivity index (χ4v) is 2.54. The second-order valence-corrected chi connectivity index (χ2v) is 6.49. The largest absolute Gasteiger partial charge is 0.465 e. The smallest absolute Gasteiger partial charge is 0.306 e. The minimum Gasteiger partial charge on any atom is -0.465 e. The van der Waals surface area contributed by atoms with Crippen molar-refractivity contribution in [2.75, 3.05) is 13.2 Å². The Balaban J connectivity index is 1.63. The Labute approximate surface area is 155 Å². The highest BCUT2D eigenvalue weighted by Gasteiger charge is 2.13. The van der Waals surface area contributed by atoms with Gasteiger partial charge in [-0.25, -0.2) is 0 Å². The van der Waals surface area contributed by atoms with Gasteiger partial charge in [0.2, 0.25) is 0 Å². The molecule has 2 unspecified atom stereocenters. The first-order valence-electron chi connectivity index (χ1n) is 8.97. The first kappa shape index (κ1) is 19.7. The van der Waals surface area contributed by atoms with Crippen LogP contribution in [-0.4, -0.2) is 25.2 Å². The third-order valence-electron chi connectivity index (χ3n) is 4.26. The van der Waals surface area contributed by atoms with E-state index in [9.17, 15) is 9.59 Å². The normalized spacial score (nSPS) is 12.8. The zero-order valence-corrected chi connectivity index (χ0v) is 15.4. The molecule has 0 fully saturated rings. The van der Waals surface area contributed by atoms with Gasteiger partial charge < -0.3 is 9.47 Å². The molecule has 0 heterocycles. The van der Waals surface area contributed by atoms with E-state index in [1.807, 2.05) is 74.5 Å². The van der Waals surface area contributed by atoms with E-state index in [1.165, 1.54) is 0 Å². The van der Waals surface area contributed by atoms with Crippen LogP contribution >= 0.6 is 0 Å². The average molecular weight is 354 g/mol. The molecule has 0 aromatic heterocycles. The van der Waals surface area contributed by atoms with Gasteiger partial charge in [0.25, 0.3) is 0 Å². The van der Waals surface area contributed by atoms with E-state index < -0.39 is 0 Å². The maximum atomic E-state index is 11.8. The summed E-state index contributed by atoms with van der Waals surface area (Å²) in [6.07, 6.45) is 0.0835. The summed E-state index contributed by atoms with van der Waals surface area (Å²) >= 11 is 0. The maximum Gasteiger partial charge on any atom is 0.306 e. The monoisotopic (exact) mass is 354 g/mol. The Morgan fingerprint density at radius 2 is 1.04 bits per heavy atom. The summed E-state index contributed by atoms with van der Waals surface area (Å²) in [6.45, 7) is 4.62. The van der Waals surface area contributed by atoms with Crippen LogP contribution in [0, 0.1) is 0 Å². The molecule has 2 aromatic rings. The van der Waals surface area contributed by atoms with Crippen molar-refractivity contribution in [1.82, 2.24) is 0 Å². The minimum atomic E-state index is -0.374. The van der Waals surface area contributed by atoms with E-state index in [2.05, 4.69) is 0 Å². The van der Waals surface area contributed by atoms with Gasteiger partial charge in [-0.1, -0.05) is 74.5 Å². The van der Waals surface area contributed by atoms with E-state index in [4.69, 9.17) is 9.47 Å². The first-order valence-corrected chi connectivity index (χ1v) is 8.97.